The first-order chi connectivity index (χ1) is 14.0. The zero-order valence-corrected chi connectivity index (χ0v) is 17.7. The van der Waals surface area contributed by atoms with Gasteiger partial charge in [0.05, 0.1) is 13.0 Å². The van der Waals surface area contributed by atoms with Gasteiger partial charge in [-0.2, -0.15) is 0 Å². The van der Waals surface area contributed by atoms with Crippen molar-refractivity contribution in [2.75, 3.05) is 44.2 Å². The minimum atomic E-state index is 0.0365. The largest absolute Gasteiger partial charge is 0.493 e. The summed E-state index contributed by atoms with van der Waals surface area (Å²) in [6.07, 6.45) is 2.20. The Kier molecular flexibility index (Phi) is 7.47. The van der Waals surface area contributed by atoms with Crippen LogP contribution in [0, 0.1) is 13.8 Å². The molecule has 3 rings (SSSR count). The quantitative estimate of drug-likeness (QED) is 0.744. The number of aromatic nitrogens is 1. The number of benzene rings is 1. The molecular formula is C23H32N4O2. The van der Waals surface area contributed by atoms with Crippen LogP contribution in [0.1, 0.15) is 24.5 Å². The number of carbonyl (C=O) groups is 1. The van der Waals surface area contributed by atoms with E-state index in [2.05, 4.69) is 46.1 Å². The summed E-state index contributed by atoms with van der Waals surface area (Å²) >= 11 is 0. The van der Waals surface area contributed by atoms with Crippen molar-refractivity contribution in [1.82, 2.24) is 15.2 Å². The minimum Gasteiger partial charge on any atom is -0.493 e. The number of hydrogen-bond acceptors (Lipinski definition) is 5. The van der Waals surface area contributed by atoms with E-state index in [1.807, 2.05) is 37.4 Å². The molecule has 1 N–H and O–H groups in total. The van der Waals surface area contributed by atoms with Gasteiger partial charge in [-0.1, -0.05) is 23.8 Å². The summed E-state index contributed by atoms with van der Waals surface area (Å²) in [4.78, 5) is 21.4. The summed E-state index contributed by atoms with van der Waals surface area (Å²) in [6.45, 7) is 11.3. The van der Waals surface area contributed by atoms with Gasteiger partial charge in [0.25, 0.3) is 0 Å². The molecule has 1 aliphatic rings. The molecule has 0 spiro atoms. The van der Waals surface area contributed by atoms with Gasteiger partial charge in [0, 0.05) is 45.0 Å². The number of aryl methyl sites for hydroxylation is 2. The molecule has 1 unspecified atom stereocenters. The van der Waals surface area contributed by atoms with E-state index in [0.29, 0.717) is 13.0 Å². The molecule has 1 fully saturated rings. The van der Waals surface area contributed by atoms with Crippen LogP contribution < -0.4 is 15.0 Å². The number of amides is 1. The predicted molar refractivity (Wildman–Crippen MR) is 117 cm³/mol. The molecule has 0 aliphatic carbocycles. The van der Waals surface area contributed by atoms with Crippen molar-refractivity contribution in [3.05, 3.63) is 53.7 Å². The van der Waals surface area contributed by atoms with Crippen LogP contribution in [0.3, 0.4) is 0 Å². The lowest BCUT2D eigenvalue weighted by molar-refractivity contribution is -0.122. The van der Waals surface area contributed by atoms with Crippen LogP contribution in [0.15, 0.2) is 42.6 Å². The average molecular weight is 397 g/mol. The Morgan fingerprint density at radius 1 is 1.17 bits per heavy atom. The molecule has 6 nitrogen and oxygen atoms in total. The van der Waals surface area contributed by atoms with Crippen molar-refractivity contribution >= 4 is 11.7 Å². The molecule has 1 aromatic heterocycles. The molecule has 156 valence electrons. The van der Waals surface area contributed by atoms with Gasteiger partial charge < -0.3 is 15.0 Å². The monoisotopic (exact) mass is 396 g/mol. The number of anilines is 1. The standard InChI is InChI=1S/C23H32N4O2/c1-18-7-8-21(19(2)16-18)29-15-9-23(28)25-20(3)17-26-11-13-27(14-12-26)22-6-4-5-10-24-22/h4-8,10,16,20H,9,11-15,17H2,1-3H3,(H,25,28). The number of pyridine rings is 1. The van der Waals surface area contributed by atoms with E-state index >= 15 is 0 Å². The summed E-state index contributed by atoms with van der Waals surface area (Å²) in [5, 5.41) is 3.09. The summed E-state index contributed by atoms with van der Waals surface area (Å²) < 4.78 is 5.77. The normalized spacial score (nSPS) is 15.8. The lowest BCUT2D eigenvalue weighted by atomic mass is 10.1. The van der Waals surface area contributed by atoms with Gasteiger partial charge in [0.15, 0.2) is 0 Å². The Balaban J connectivity index is 1.34. The second kappa shape index (κ2) is 10.3. The molecule has 6 heteroatoms. The number of nitrogens with one attached hydrogen (secondary N) is 1. The predicted octanol–water partition coefficient (Wildman–Crippen LogP) is 2.79. The molecule has 0 bridgehead atoms. The van der Waals surface area contributed by atoms with Crippen LogP contribution >= 0.6 is 0 Å². The van der Waals surface area contributed by atoms with Gasteiger partial charge in [0.1, 0.15) is 11.6 Å². The summed E-state index contributed by atoms with van der Waals surface area (Å²) in [5.74, 6) is 1.92. The van der Waals surface area contributed by atoms with E-state index in [1.165, 1.54) is 5.56 Å². The van der Waals surface area contributed by atoms with E-state index in [1.54, 1.807) is 0 Å². The van der Waals surface area contributed by atoms with Crippen LogP contribution in [0.4, 0.5) is 5.82 Å². The SMILES string of the molecule is Cc1ccc(OCCC(=O)NC(C)CN2CCN(c3ccccn3)CC2)c(C)c1. The maximum absolute atomic E-state index is 12.2. The molecule has 2 aromatic rings. The lowest BCUT2D eigenvalue weighted by Crippen LogP contribution is -2.51. The highest BCUT2D eigenvalue weighted by atomic mass is 16.5. The first-order valence-corrected chi connectivity index (χ1v) is 10.4. The first-order valence-electron chi connectivity index (χ1n) is 10.4. The second-order valence-electron chi connectivity index (χ2n) is 7.81. The van der Waals surface area contributed by atoms with Gasteiger partial charge in [0.2, 0.25) is 5.91 Å². The Labute approximate surface area is 173 Å². The molecule has 0 radical (unpaired) electrons. The third-order valence-electron chi connectivity index (χ3n) is 5.20. The second-order valence-corrected chi connectivity index (χ2v) is 7.81. The van der Waals surface area contributed by atoms with Crippen molar-refractivity contribution in [2.45, 2.75) is 33.2 Å². The van der Waals surface area contributed by atoms with Crippen molar-refractivity contribution in [1.29, 1.82) is 0 Å². The Morgan fingerprint density at radius 3 is 2.66 bits per heavy atom. The smallest absolute Gasteiger partial charge is 0.223 e. The molecular weight excluding hydrogens is 364 g/mol. The zero-order chi connectivity index (χ0) is 20.6. The van der Waals surface area contributed by atoms with Gasteiger partial charge >= 0.3 is 0 Å². The van der Waals surface area contributed by atoms with Crippen molar-refractivity contribution < 1.29 is 9.53 Å². The molecule has 2 heterocycles. The highest BCUT2D eigenvalue weighted by molar-refractivity contribution is 5.76. The molecule has 1 saturated heterocycles. The molecule has 0 saturated carbocycles. The first kappa shape index (κ1) is 21.1. The van der Waals surface area contributed by atoms with E-state index in [0.717, 1.165) is 49.9 Å². The third-order valence-corrected chi connectivity index (χ3v) is 5.20. The number of ether oxygens (including phenoxy) is 1. The highest BCUT2D eigenvalue weighted by Crippen LogP contribution is 2.18. The summed E-state index contributed by atoms with van der Waals surface area (Å²) in [5.41, 5.74) is 2.31. The number of piperazine rings is 1. The zero-order valence-electron chi connectivity index (χ0n) is 17.7. The maximum Gasteiger partial charge on any atom is 0.223 e. The highest BCUT2D eigenvalue weighted by Gasteiger charge is 2.20. The average Bonchev–Trinajstić information content (AvgIpc) is 2.71. The molecule has 1 atom stereocenters. The number of nitrogens with zero attached hydrogens (tertiary/aromatic N) is 3. The van der Waals surface area contributed by atoms with Crippen LogP contribution in [-0.4, -0.2) is 61.2 Å². The van der Waals surface area contributed by atoms with Crippen molar-refractivity contribution in [3.8, 4) is 5.75 Å². The maximum atomic E-state index is 12.2. The van der Waals surface area contributed by atoms with Gasteiger partial charge in [-0.3, -0.25) is 9.69 Å². The number of rotatable bonds is 8. The summed E-state index contributed by atoms with van der Waals surface area (Å²) in [6, 6.07) is 12.2. The van der Waals surface area contributed by atoms with E-state index in [4.69, 9.17) is 4.74 Å². The Hall–Kier alpha value is -2.60. The van der Waals surface area contributed by atoms with Crippen molar-refractivity contribution in [2.24, 2.45) is 0 Å². The topological polar surface area (TPSA) is 57.7 Å². The fraction of sp³-hybridized carbons (Fsp3) is 0.478. The van der Waals surface area contributed by atoms with Gasteiger partial charge in [-0.05, 0) is 44.5 Å². The molecule has 29 heavy (non-hydrogen) atoms. The fourth-order valence-corrected chi connectivity index (χ4v) is 3.70. The Bertz CT molecular complexity index is 789. The van der Waals surface area contributed by atoms with E-state index in [-0.39, 0.29) is 11.9 Å². The van der Waals surface area contributed by atoms with Gasteiger partial charge in [-0.25, -0.2) is 4.98 Å². The summed E-state index contributed by atoms with van der Waals surface area (Å²) in [7, 11) is 0. The fourth-order valence-electron chi connectivity index (χ4n) is 3.70. The lowest BCUT2D eigenvalue weighted by Gasteiger charge is -2.36. The van der Waals surface area contributed by atoms with Crippen molar-refractivity contribution in [3.63, 3.8) is 0 Å². The third kappa shape index (κ3) is 6.46. The minimum absolute atomic E-state index is 0.0365. The molecule has 1 aromatic carbocycles. The van der Waals surface area contributed by atoms with E-state index in [9.17, 15) is 4.79 Å². The number of carbonyl (C=O) groups excluding carboxylic acids is 1. The van der Waals surface area contributed by atoms with Crippen LogP contribution in [-0.2, 0) is 4.79 Å². The Morgan fingerprint density at radius 2 is 1.97 bits per heavy atom. The number of hydrogen-bond donors (Lipinski definition) is 1. The van der Waals surface area contributed by atoms with Gasteiger partial charge in [-0.15, -0.1) is 0 Å². The van der Waals surface area contributed by atoms with Crippen LogP contribution in [0.2, 0.25) is 0 Å². The van der Waals surface area contributed by atoms with Crippen LogP contribution in [0.25, 0.3) is 0 Å². The van der Waals surface area contributed by atoms with E-state index < -0.39 is 0 Å². The van der Waals surface area contributed by atoms with Crippen LogP contribution in [0.5, 0.6) is 5.75 Å². The molecule has 1 amide bonds. The molecule has 1 aliphatic heterocycles.